The molecular weight excluding hydrogens is 348 g/mol. The first-order valence-electron chi connectivity index (χ1n) is 6.57. The highest BCUT2D eigenvalue weighted by molar-refractivity contribution is 9.10. The normalized spacial score (nSPS) is 12.5. The zero-order chi connectivity index (χ0) is 15.0. The number of halogens is 1. The second-order valence-electron chi connectivity index (χ2n) is 4.94. The van der Waals surface area contributed by atoms with Crippen LogP contribution in [0.15, 0.2) is 34.2 Å². The van der Waals surface area contributed by atoms with Crippen LogP contribution >= 0.6 is 27.3 Å². The number of anilines is 2. The highest BCUT2D eigenvalue weighted by Crippen LogP contribution is 2.33. The third-order valence-electron chi connectivity index (χ3n) is 3.23. The Hall–Kier alpha value is -1.66. The number of thiazole rings is 1. The first-order chi connectivity index (χ1) is 10.0. The summed E-state index contributed by atoms with van der Waals surface area (Å²) in [5, 5.41) is 7.58. The zero-order valence-electron chi connectivity index (χ0n) is 11.7. The van der Waals surface area contributed by atoms with Crippen LogP contribution in [0.5, 0.6) is 0 Å². The lowest BCUT2D eigenvalue weighted by atomic mass is 10.1. The van der Waals surface area contributed by atoms with Crippen LogP contribution in [0.25, 0.3) is 10.9 Å². The minimum Gasteiger partial charge on any atom is -0.396 e. The van der Waals surface area contributed by atoms with Gasteiger partial charge in [-0.2, -0.15) is 0 Å². The predicted octanol–water partition coefficient (Wildman–Crippen LogP) is 4.52. The van der Waals surface area contributed by atoms with Crippen molar-refractivity contribution >= 4 is 49.5 Å². The van der Waals surface area contributed by atoms with Gasteiger partial charge in [0.15, 0.2) is 0 Å². The van der Waals surface area contributed by atoms with E-state index in [2.05, 4.69) is 43.5 Å². The van der Waals surface area contributed by atoms with Crippen LogP contribution in [0.4, 0.5) is 11.4 Å². The van der Waals surface area contributed by atoms with E-state index in [1.165, 1.54) is 0 Å². The van der Waals surface area contributed by atoms with Gasteiger partial charge in [-0.15, -0.1) is 11.3 Å². The average molecular weight is 363 g/mol. The zero-order valence-corrected chi connectivity index (χ0v) is 14.1. The van der Waals surface area contributed by atoms with Crippen molar-refractivity contribution in [2.75, 3.05) is 11.1 Å². The Kier molecular flexibility index (Phi) is 3.82. The summed E-state index contributed by atoms with van der Waals surface area (Å²) in [6.45, 7) is 4.09. The number of fused-ring (bicyclic) bond motifs is 1. The van der Waals surface area contributed by atoms with Crippen molar-refractivity contribution in [3.05, 3.63) is 45.0 Å². The molecule has 21 heavy (non-hydrogen) atoms. The smallest absolute Gasteiger partial charge is 0.115 e. The highest BCUT2D eigenvalue weighted by atomic mass is 79.9. The van der Waals surface area contributed by atoms with Crippen molar-refractivity contribution in [2.45, 2.75) is 19.9 Å². The summed E-state index contributed by atoms with van der Waals surface area (Å²) in [6.07, 6.45) is 1.69. The number of benzene rings is 1. The highest BCUT2D eigenvalue weighted by Gasteiger charge is 2.14. The maximum atomic E-state index is 6.11. The summed E-state index contributed by atoms with van der Waals surface area (Å²) in [6, 6.07) is 6.07. The molecule has 1 atom stereocenters. The molecule has 0 aliphatic heterocycles. The van der Waals surface area contributed by atoms with Gasteiger partial charge in [0.05, 0.1) is 29.1 Å². The van der Waals surface area contributed by atoms with E-state index in [1.807, 2.05) is 25.1 Å². The maximum Gasteiger partial charge on any atom is 0.115 e. The van der Waals surface area contributed by atoms with Crippen molar-refractivity contribution in [1.82, 2.24) is 9.97 Å². The number of hydrogen-bond donors (Lipinski definition) is 2. The van der Waals surface area contributed by atoms with E-state index in [4.69, 9.17) is 5.73 Å². The van der Waals surface area contributed by atoms with Gasteiger partial charge in [0.1, 0.15) is 5.01 Å². The van der Waals surface area contributed by atoms with Gasteiger partial charge in [0.2, 0.25) is 0 Å². The van der Waals surface area contributed by atoms with Gasteiger partial charge < -0.3 is 11.1 Å². The summed E-state index contributed by atoms with van der Waals surface area (Å²) in [5.74, 6) is 0. The Bertz CT molecular complexity index is 794. The van der Waals surface area contributed by atoms with E-state index in [0.29, 0.717) is 5.69 Å². The number of hydrogen-bond acceptors (Lipinski definition) is 5. The molecule has 4 nitrogen and oxygen atoms in total. The molecule has 1 aromatic carbocycles. The standard InChI is InChI=1S/C15H15BrN4S/c1-8-7-21-15(19-8)9(2)20-14-11-5-10(16)3-4-13(11)18-6-12(14)17/h3-7,9H,17H2,1-2H3,(H,18,20). The molecule has 0 amide bonds. The summed E-state index contributed by atoms with van der Waals surface area (Å²) in [4.78, 5) is 8.89. The molecule has 2 heterocycles. The molecule has 2 aromatic heterocycles. The molecule has 108 valence electrons. The van der Waals surface area contributed by atoms with E-state index in [9.17, 15) is 0 Å². The van der Waals surface area contributed by atoms with Gasteiger partial charge in [0.25, 0.3) is 0 Å². The van der Waals surface area contributed by atoms with Crippen LogP contribution in [-0.2, 0) is 0 Å². The fourth-order valence-corrected chi connectivity index (χ4v) is 3.36. The third kappa shape index (κ3) is 2.87. The lowest BCUT2D eigenvalue weighted by Crippen LogP contribution is -2.09. The number of nitrogen functional groups attached to an aromatic ring is 1. The van der Waals surface area contributed by atoms with E-state index in [1.54, 1.807) is 17.5 Å². The number of nitrogens with one attached hydrogen (secondary N) is 1. The monoisotopic (exact) mass is 362 g/mol. The van der Waals surface area contributed by atoms with Crippen LogP contribution in [0.2, 0.25) is 0 Å². The second-order valence-corrected chi connectivity index (χ2v) is 6.75. The van der Waals surface area contributed by atoms with Gasteiger partial charge in [-0.05, 0) is 32.0 Å². The molecule has 0 saturated heterocycles. The number of aromatic nitrogens is 2. The summed E-state index contributed by atoms with van der Waals surface area (Å²) < 4.78 is 1.00. The van der Waals surface area contributed by atoms with E-state index in [0.717, 1.165) is 31.8 Å². The average Bonchev–Trinajstić information content (AvgIpc) is 2.89. The van der Waals surface area contributed by atoms with Gasteiger partial charge in [-0.3, -0.25) is 4.98 Å². The molecule has 3 aromatic rings. The molecule has 6 heteroatoms. The Morgan fingerprint density at radius 1 is 1.38 bits per heavy atom. The molecule has 1 unspecified atom stereocenters. The number of aryl methyl sites for hydroxylation is 1. The lowest BCUT2D eigenvalue weighted by Gasteiger charge is -2.17. The summed E-state index contributed by atoms with van der Waals surface area (Å²) >= 11 is 5.15. The largest absolute Gasteiger partial charge is 0.396 e. The van der Waals surface area contributed by atoms with Crippen molar-refractivity contribution in [3.8, 4) is 0 Å². The molecule has 0 aliphatic rings. The molecule has 0 bridgehead atoms. The Morgan fingerprint density at radius 3 is 2.90 bits per heavy atom. The van der Waals surface area contributed by atoms with Crippen molar-refractivity contribution in [3.63, 3.8) is 0 Å². The van der Waals surface area contributed by atoms with Crippen LogP contribution < -0.4 is 11.1 Å². The fourth-order valence-electron chi connectivity index (χ4n) is 2.19. The number of rotatable bonds is 3. The molecule has 0 radical (unpaired) electrons. The van der Waals surface area contributed by atoms with Crippen LogP contribution in [0, 0.1) is 6.92 Å². The summed E-state index contributed by atoms with van der Waals surface area (Å²) in [7, 11) is 0. The van der Waals surface area contributed by atoms with Crippen LogP contribution in [0.3, 0.4) is 0 Å². The molecule has 0 fully saturated rings. The van der Waals surface area contributed by atoms with E-state index < -0.39 is 0 Å². The Morgan fingerprint density at radius 2 is 2.19 bits per heavy atom. The molecular formula is C15H15BrN4S. The van der Waals surface area contributed by atoms with Gasteiger partial charge in [0, 0.05) is 20.9 Å². The van der Waals surface area contributed by atoms with Gasteiger partial charge >= 0.3 is 0 Å². The van der Waals surface area contributed by atoms with Crippen molar-refractivity contribution < 1.29 is 0 Å². The Balaban J connectivity index is 2.03. The van der Waals surface area contributed by atoms with E-state index in [-0.39, 0.29) is 6.04 Å². The topological polar surface area (TPSA) is 63.8 Å². The first-order valence-corrected chi connectivity index (χ1v) is 8.24. The summed E-state index contributed by atoms with van der Waals surface area (Å²) in [5.41, 5.74) is 9.61. The molecule has 0 saturated carbocycles. The maximum absolute atomic E-state index is 6.11. The molecule has 3 rings (SSSR count). The van der Waals surface area contributed by atoms with Gasteiger partial charge in [-0.1, -0.05) is 15.9 Å². The van der Waals surface area contributed by atoms with Crippen LogP contribution in [-0.4, -0.2) is 9.97 Å². The van der Waals surface area contributed by atoms with Crippen molar-refractivity contribution in [1.29, 1.82) is 0 Å². The number of nitrogens with two attached hydrogens (primary N) is 1. The van der Waals surface area contributed by atoms with Gasteiger partial charge in [-0.25, -0.2) is 4.98 Å². The van der Waals surface area contributed by atoms with E-state index >= 15 is 0 Å². The second kappa shape index (κ2) is 5.61. The Labute approximate surface area is 135 Å². The predicted molar refractivity (Wildman–Crippen MR) is 92.7 cm³/mol. The van der Waals surface area contributed by atoms with Crippen molar-refractivity contribution in [2.24, 2.45) is 0 Å². The number of pyridine rings is 1. The molecule has 3 N–H and O–H groups in total. The number of nitrogens with zero attached hydrogens (tertiary/aromatic N) is 2. The third-order valence-corrected chi connectivity index (χ3v) is 4.87. The fraction of sp³-hybridized carbons (Fsp3) is 0.200. The minimum atomic E-state index is 0.0931. The lowest BCUT2D eigenvalue weighted by molar-refractivity contribution is 0.866. The molecule has 0 spiro atoms. The SMILES string of the molecule is Cc1csc(C(C)Nc2c(N)cnc3ccc(Br)cc23)n1. The molecule has 0 aliphatic carbocycles. The first kappa shape index (κ1) is 14.3. The quantitative estimate of drug-likeness (QED) is 0.718. The minimum absolute atomic E-state index is 0.0931. The van der Waals surface area contributed by atoms with Crippen LogP contribution in [0.1, 0.15) is 23.7 Å².